The topological polar surface area (TPSA) is 123 Å². The Morgan fingerprint density at radius 3 is 2.48 bits per heavy atom. The largest absolute Gasteiger partial charge is 0.507 e. The predicted octanol–water partition coefficient (Wildman–Crippen LogP) is 4.63. The minimum atomic E-state index is -4.13. The molecule has 33 heavy (non-hydrogen) atoms. The molecule has 1 heterocycles. The lowest BCUT2D eigenvalue weighted by Gasteiger charge is -2.11. The first-order valence-electron chi connectivity index (χ1n) is 9.54. The molecule has 8 nitrogen and oxygen atoms in total. The number of ether oxygens (including phenoxy) is 1. The Labute approximate surface area is 193 Å². The SMILES string of the molecule is O=C(COC(=O)c1cc(S(=O)(=O)Nc2ccccc2Cl)ccc1O)c1cc2ccccc2o1. The van der Waals surface area contributed by atoms with Crippen LogP contribution in [0.3, 0.4) is 0 Å². The molecule has 0 spiro atoms. The van der Waals surface area contributed by atoms with Crippen molar-refractivity contribution < 1.29 is 32.3 Å². The molecule has 0 saturated heterocycles. The van der Waals surface area contributed by atoms with Crippen LogP contribution in [-0.4, -0.2) is 31.9 Å². The summed E-state index contributed by atoms with van der Waals surface area (Å²) in [6.07, 6.45) is 0. The number of aromatic hydroxyl groups is 1. The first kappa shape index (κ1) is 22.4. The van der Waals surface area contributed by atoms with Crippen LogP contribution in [0.25, 0.3) is 11.0 Å². The van der Waals surface area contributed by atoms with Crippen molar-refractivity contribution in [2.45, 2.75) is 4.90 Å². The van der Waals surface area contributed by atoms with Gasteiger partial charge in [0.1, 0.15) is 16.9 Å². The molecular weight excluding hydrogens is 470 g/mol. The molecule has 0 saturated carbocycles. The van der Waals surface area contributed by atoms with E-state index in [9.17, 15) is 23.1 Å². The molecule has 4 rings (SSSR count). The van der Waals surface area contributed by atoms with Crippen LogP contribution in [0.2, 0.25) is 5.02 Å². The molecule has 168 valence electrons. The summed E-state index contributed by atoms with van der Waals surface area (Å²) < 4.78 is 38.1. The smallest absolute Gasteiger partial charge is 0.342 e. The number of hydrogen-bond acceptors (Lipinski definition) is 7. The molecule has 1 aromatic heterocycles. The number of anilines is 1. The van der Waals surface area contributed by atoms with E-state index in [1.807, 2.05) is 0 Å². The molecule has 0 aliphatic heterocycles. The summed E-state index contributed by atoms with van der Waals surface area (Å²) in [7, 11) is -4.13. The van der Waals surface area contributed by atoms with Gasteiger partial charge in [-0.2, -0.15) is 0 Å². The summed E-state index contributed by atoms with van der Waals surface area (Å²) in [5, 5.41) is 10.9. The van der Waals surface area contributed by atoms with E-state index in [0.717, 1.165) is 18.2 Å². The minimum Gasteiger partial charge on any atom is -0.507 e. The molecule has 3 aromatic carbocycles. The number of halogens is 1. The fraction of sp³-hybridized carbons (Fsp3) is 0.0435. The predicted molar refractivity (Wildman–Crippen MR) is 121 cm³/mol. The van der Waals surface area contributed by atoms with Gasteiger partial charge in [0, 0.05) is 5.39 Å². The molecule has 0 unspecified atom stereocenters. The van der Waals surface area contributed by atoms with Crippen LogP contribution >= 0.6 is 11.6 Å². The van der Waals surface area contributed by atoms with Gasteiger partial charge < -0.3 is 14.3 Å². The van der Waals surface area contributed by atoms with Crippen LogP contribution in [-0.2, 0) is 14.8 Å². The molecule has 0 aliphatic carbocycles. The maximum Gasteiger partial charge on any atom is 0.342 e. The van der Waals surface area contributed by atoms with Crippen LogP contribution in [0, 0.1) is 0 Å². The molecule has 0 fully saturated rings. The number of hydrogen-bond donors (Lipinski definition) is 2. The Balaban J connectivity index is 1.50. The van der Waals surface area contributed by atoms with Gasteiger partial charge in [-0.1, -0.05) is 41.9 Å². The third-order valence-corrected chi connectivity index (χ3v) is 6.34. The maximum atomic E-state index is 12.7. The summed E-state index contributed by atoms with van der Waals surface area (Å²) in [4.78, 5) is 24.5. The van der Waals surface area contributed by atoms with E-state index in [-0.39, 0.29) is 21.4 Å². The highest BCUT2D eigenvalue weighted by molar-refractivity contribution is 7.92. The first-order valence-corrected chi connectivity index (χ1v) is 11.4. The number of carbonyl (C=O) groups excluding carboxylic acids is 2. The third kappa shape index (κ3) is 4.84. The lowest BCUT2D eigenvalue weighted by molar-refractivity contribution is 0.0465. The molecule has 0 aliphatic rings. The summed E-state index contributed by atoms with van der Waals surface area (Å²) >= 11 is 5.99. The lowest BCUT2D eigenvalue weighted by atomic mass is 10.2. The van der Waals surface area contributed by atoms with E-state index in [1.54, 1.807) is 36.4 Å². The monoisotopic (exact) mass is 485 g/mol. The third-order valence-electron chi connectivity index (χ3n) is 4.65. The quantitative estimate of drug-likeness (QED) is 0.289. The highest BCUT2D eigenvalue weighted by Crippen LogP contribution is 2.27. The lowest BCUT2D eigenvalue weighted by Crippen LogP contribution is -2.16. The highest BCUT2D eigenvalue weighted by atomic mass is 35.5. The van der Waals surface area contributed by atoms with E-state index < -0.39 is 39.7 Å². The molecule has 4 aromatic rings. The molecule has 0 atom stereocenters. The Hall–Kier alpha value is -3.82. The number of Topliss-reactive ketones (excluding diaryl/α,β-unsaturated/α-hetero) is 1. The van der Waals surface area contributed by atoms with Crippen molar-refractivity contribution in [1.29, 1.82) is 0 Å². The Bertz CT molecular complexity index is 1440. The van der Waals surface area contributed by atoms with Crippen LogP contribution < -0.4 is 4.72 Å². The average molecular weight is 486 g/mol. The second-order valence-corrected chi connectivity index (χ2v) is 9.00. The maximum absolute atomic E-state index is 12.7. The summed E-state index contributed by atoms with van der Waals surface area (Å²) in [5.41, 5.74) is 0.232. The minimum absolute atomic E-state index is 0.00786. The molecule has 0 amide bonds. The van der Waals surface area contributed by atoms with Gasteiger partial charge in [-0.15, -0.1) is 0 Å². The highest BCUT2D eigenvalue weighted by Gasteiger charge is 2.22. The number of esters is 1. The van der Waals surface area contributed by atoms with Crippen molar-refractivity contribution in [1.82, 2.24) is 0 Å². The molecule has 0 radical (unpaired) electrons. The van der Waals surface area contributed by atoms with E-state index in [0.29, 0.717) is 11.0 Å². The number of furan rings is 1. The zero-order valence-electron chi connectivity index (χ0n) is 16.8. The van der Waals surface area contributed by atoms with Crippen molar-refractivity contribution in [3.05, 3.63) is 89.1 Å². The number of fused-ring (bicyclic) bond motifs is 1. The van der Waals surface area contributed by atoms with Crippen LogP contribution in [0.15, 0.2) is 82.1 Å². The molecule has 10 heteroatoms. The second kappa shape index (κ2) is 8.97. The first-order chi connectivity index (χ1) is 15.7. The van der Waals surface area contributed by atoms with Crippen LogP contribution in [0.1, 0.15) is 20.9 Å². The fourth-order valence-electron chi connectivity index (χ4n) is 2.99. The van der Waals surface area contributed by atoms with Crippen LogP contribution in [0.5, 0.6) is 5.75 Å². The number of nitrogens with one attached hydrogen (secondary N) is 1. The number of ketones is 1. The van der Waals surface area contributed by atoms with Gasteiger partial charge in [-0.3, -0.25) is 9.52 Å². The number of phenolic OH excluding ortho intramolecular Hbond substituents is 1. The zero-order chi connectivity index (χ0) is 23.6. The van der Waals surface area contributed by atoms with Gasteiger partial charge in [0.2, 0.25) is 5.78 Å². The Morgan fingerprint density at radius 1 is 1.00 bits per heavy atom. The number of benzene rings is 3. The number of sulfonamides is 1. The summed E-state index contributed by atoms with van der Waals surface area (Å²) in [6, 6.07) is 17.9. The standard InChI is InChI=1S/C23H16ClNO7S/c24-17-6-2-3-7-18(17)25-33(29,30)15-9-10-19(26)16(12-15)23(28)31-13-20(27)22-11-14-5-1-4-8-21(14)32-22/h1-12,25-26H,13H2. The van der Waals surface area contributed by atoms with Crippen molar-refractivity contribution in [3.8, 4) is 5.75 Å². The van der Waals surface area contributed by atoms with E-state index in [4.69, 9.17) is 20.8 Å². The zero-order valence-corrected chi connectivity index (χ0v) is 18.4. The number of carbonyl (C=O) groups is 2. The van der Waals surface area contributed by atoms with Gasteiger partial charge >= 0.3 is 5.97 Å². The molecule has 0 bridgehead atoms. The number of rotatable bonds is 7. The summed E-state index contributed by atoms with van der Waals surface area (Å²) in [5.74, 6) is -2.17. The number of phenols is 1. The Morgan fingerprint density at radius 2 is 1.73 bits per heavy atom. The van der Waals surface area contributed by atoms with Gasteiger partial charge in [0.15, 0.2) is 12.4 Å². The van der Waals surface area contributed by atoms with Crippen molar-refractivity contribution >= 4 is 50.0 Å². The molecular formula is C23H16ClNO7S. The van der Waals surface area contributed by atoms with Crippen molar-refractivity contribution in [2.24, 2.45) is 0 Å². The van der Waals surface area contributed by atoms with E-state index in [1.165, 1.54) is 18.2 Å². The fourth-order valence-corrected chi connectivity index (χ4v) is 4.34. The normalized spacial score (nSPS) is 11.3. The van der Waals surface area contributed by atoms with Gasteiger partial charge in [-0.05, 0) is 42.5 Å². The second-order valence-electron chi connectivity index (χ2n) is 6.91. The van der Waals surface area contributed by atoms with E-state index in [2.05, 4.69) is 4.72 Å². The van der Waals surface area contributed by atoms with Crippen LogP contribution in [0.4, 0.5) is 5.69 Å². The Kier molecular flexibility index (Phi) is 6.08. The van der Waals surface area contributed by atoms with Crippen molar-refractivity contribution in [2.75, 3.05) is 11.3 Å². The van der Waals surface area contributed by atoms with Gasteiger partial charge in [0.25, 0.3) is 10.0 Å². The van der Waals surface area contributed by atoms with Gasteiger partial charge in [0.05, 0.1) is 15.6 Å². The summed E-state index contributed by atoms with van der Waals surface area (Å²) in [6.45, 7) is -0.660. The molecule has 2 N–H and O–H groups in total. The number of para-hydroxylation sites is 2. The average Bonchev–Trinajstić information content (AvgIpc) is 3.23. The van der Waals surface area contributed by atoms with E-state index >= 15 is 0 Å². The van der Waals surface area contributed by atoms with Crippen molar-refractivity contribution in [3.63, 3.8) is 0 Å². The van der Waals surface area contributed by atoms with Gasteiger partial charge in [-0.25, -0.2) is 13.2 Å².